The fraction of sp³-hybridized carbons (Fsp3) is 0.308. The van der Waals surface area contributed by atoms with Crippen LogP contribution < -0.4 is 0 Å². The second kappa shape index (κ2) is 5.39. The Hall–Kier alpha value is -1.97. The quantitative estimate of drug-likeness (QED) is 0.729. The Kier molecular flexibility index (Phi) is 3.65. The number of likely N-dealkylation sites (tertiary alicyclic amines) is 1. The standard InChI is InChI=1S/C13H16N4/c1-3-11(17-9-5-6-10-17)12-13(14-4-2)16-8-7-15-12/h3-4,7-8H,1-2,5-6,9-10H2/b12-11-,14-13+. The molecule has 0 radical (unpaired) electrons. The normalized spacial score (nSPS) is 24.2. The van der Waals surface area contributed by atoms with Gasteiger partial charge in [0.05, 0.1) is 5.70 Å². The number of nitrogens with zero attached hydrogens (tertiary/aromatic N) is 4. The van der Waals surface area contributed by atoms with Gasteiger partial charge in [-0.2, -0.15) is 0 Å². The van der Waals surface area contributed by atoms with Crippen molar-refractivity contribution in [3.05, 3.63) is 36.8 Å². The number of hydrogen-bond donors (Lipinski definition) is 0. The van der Waals surface area contributed by atoms with Gasteiger partial charge in [0.1, 0.15) is 5.70 Å². The van der Waals surface area contributed by atoms with E-state index in [1.54, 1.807) is 12.4 Å². The van der Waals surface area contributed by atoms with E-state index in [1.165, 1.54) is 19.0 Å². The van der Waals surface area contributed by atoms with Crippen LogP contribution in [0.15, 0.2) is 51.8 Å². The summed E-state index contributed by atoms with van der Waals surface area (Å²) in [6.45, 7) is 9.56. The number of hydrogen-bond acceptors (Lipinski definition) is 3. The predicted molar refractivity (Wildman–Crippen MR) is 72.6 cm³/mol. The van der Waals surface area contributed by atoms with E-state index in [-0.39, 0.29) is 0 Å². The molecule has 1 saturated heterocycles. The second-order valence-corrected chi connectivity index (χ2v) is 3.82. The molecule has 0 aromatic rings. The van der Waals surface area contributed by atoms with Gasteiger partial charge in [-0.1, -0.05) is 13.2 Å². The lowest BCUT2D eigenvalue weighted by atomic mass is 10.2. The van der Waals surface area contributed by atoms with Gasteiger partial charge in [-0.25, -0.2) is 15.0 Å². The maximum absolute atomic E-state index is 4.36. The van der Waals surface area contributed by atoms with E-state index in [4.69, 9.17) is 0 Å². The van der Waals surface area contributed by atoms with Crippen LogP contribution in [0, 0.1) is 0 Å². The molecular formula is C13H16N4. The SMILES string of the molecule is C=C/N=C1/N=CC=N/C1=C(/C=C)N1CCCC1. The third-order valence-electron chi connectivity index (χ3n) is 2.78. The Morgan fingerprint density at radius 2 is 1.94 bits per heavy atom. The first-order chi connectivity index (χ1) is 8.36. The zero-order chi connectivity index (χ0) is 12.1. The molecule has 0 bridgehead atoms. The minimum atomic E-state index is 0.601. The maximum Gasteiger partial charge on any atom is 0.180 e. The Morgan fingerprint density at radius 3 is 2.59 bits per heavy atom. The fourth-order valence-electron chi connectivity index (χ4n) is 2.03. The van der Waals surface area contributed by atoms with Crippen LogP contribution in [0.4, 0.5) is 0 Å². The van der Waals surface area contributed by atoms with E-state index in [2.05, 4.69) is 33.0 Å². The zero-order valence-corrected chi connectivity index (χ0v) is 9.84. The molecule has 2 aliphatic heterocycles. The molecule has 1 fully saturated rings. The third kappa shape index (κ3) is 2.41. The molecule has 4 nitrogen and oxygen atoms in total. The maximum atomic E-state index is 4.36. The molecule has 88 valence electrons. The van der Waals surface area contributed by atoms with E-state index >= 15 is 0 Å². The molecule has 2 rings (SSSR count). The van der Waals surface area contributed by atoms with Crippen molar-refractivity contribution in [3.63, 3.8) is 0 Å². The lowest BCUT2D eigenvalue weighted by Gasteiger charge is -2.21. The lowest BCUT2D eigenvalue weighted by Crippen LogP contribution is -2.21. The molecule has 0 spiro atoms. The van der Waals surface area contributed by atoms with Crippen molar-refractivity contribution in [3.8, 4) is 0 Å². The topological polar surface area (TPSA) is 40.3 Å². The Balaban J connectivity index is 2.41. The van der Waals surface area contributed by atoms with Crippen LogP contribution in [0.1, 0.15) is 12.8 Å². The van der Waals surface area contributed by atoms with Crippen molar-refractivity contribution in [2.24, 2.45) is 15.0 Å². The smallest absolute Gasteiger partial charge is 0.180 e. The van der Waals surface area contributed by atoms with Crippen LogP contribution in [-0.2, 0) is 0 Å². The van der Waals surface area contributed by atoms with Crippen molar-refractivity contribution in [2.75, 3.05) is 13.1 Å². The van der Waals surface area contributed by atoms with Crippen molar-refractivity contribution < 1.29 is 0 Å². The Morgan fingerprint density at radius 1 is 1.24 bits per heavy atom. The molecule has 2 heterocycles. The van der Waals surface area contributed by atoms with Crippen molar-refractivity contribution in [2.45, 2.75) is 12.8 Å². The summed E-state index contributed by atoms with van der Waals surface area (Å²) in [4.78, 5) is 15.0. The molecule has 0 unspecified atom stereocenters. The molecule has 0 aromatic heterocycles. The van der Waals surface area contributed by atoms with Crippen LogP contribution in [0.5, 0.6) is 0 Å². The summed E-state index contributed by atoms with van der Waals surface area (Å²) < 4.78 is 0. The fourth-order valence-corrected chi connectivity index (χ4v) is 2.03. The molecule has 0 saturated carbocycles. The molecule has 0 amide bonds. The number of allylic oxidation sites excluding steroid dienone is 1. The van der Waals surface area contributed by atoms with Crippen LogP contribution in [0.3, 0.4) is 0 Å². The van der Waals surface area contributed by atoms with Gasteiger partial charge >= 0.3 is 0 Å². The lowest BCUT2D eigenvalue weighted by molar-refractivity contribution is 0.437. The minimum absolute atomic E-state index is 0.601. The first kappa shape index (κ1) is 11.5. The molecule has 0 N–H and O–H groups in total. The second-order valence-electron chi connectivity index (χ2n) is 3.82. The summed E-state index contributed by atoms with van der Waals surface area (Å²) in [5, 5.41) is 0. The van der Waals surface area contributed by atoms with Gasteiger partial charge < -0.3 is 4.90 Å². The van der Waals surface area contributed by atoms with Gasteiger partial charge in [0.25, 0.3) is 0 Å². The monoisotopic (exact) mass is 228 g/mol. The molecule has 0 aromatic carbocycles. The van der Waals surface area contributed by atoms with Crippen LogP contribution in [0.2, 0.25) is 0 Å². The van der Waals surface area contributed by atoms with Gasteiger partial charge in [0.15, 0.2) is 5.84 Å². The zero-order valence-electron chi connectivity index (χ0n) is 9.84. The molecule has 4 heteroatoms. The first-order valence-corrected chi connectivity index (χ1v) is 5.74. The number of aliphatic imine (C=N–C) groups is 3. The first-order valence-electron chi connectivity index (χ1n) is 5.74. The highest BCUT2D eigenvalue weighted by molar-refractivity contribution is 6.25. The Bertz CT molecular complexity index is 434. The van der Waals surface area contributed by atoms with E-state index in [0.717, 1.165) is 24.5 Å². The third-order valence-corrected chi connectivity index (χ3v) is 2.78. The minimum Gasteiger partial charge on any atom is -0.370 e. The van der Waals surface area contributed by atoms with Crippen LogP contribution in [-0.4, -0.2) is 36.3 Å². The summed E-state index contributed by atoms with van der Waals surface area (Å²) in [5.74, 6) is 0.601. The van der Waals surface area contributed by atoms with Gasteiger partial charge in [-0.05, 0) is 18.9 Å². The average molecular weight is 228 g/mol. The van der Waals surface area contributed by atoms with E-state index < -0.39 is 0 Å². The van der Waals surface area contributed by atoms with E-state index in [0.29, 0.717) is 5.84 Å². The largest absolute Gasteiger partial charge is 0.370 e. The average Bonchev–Trinajstić information content (AvgIpc) is 2.86. The highest BCUT2D eigenvalue weighted by Crippen LogP contribution is 2.21. The van der Waals surface area contributed by atoms with Crippen LogP contribution in [0.25, 0.3) is 0 Å². The molecular weight excluding hydrogens is 212 g/mol. The van der Waals surface area contributed by atoms with E-state index in [1.807, 2.05) is 6.08 Å². The van der Waals surface area contributed by atoms with Gasteiger partial charge in [-0.3, -0.25) is 0 Å². The summed E-state index contributed by atoms with van der Waals surface area (Å²) in [6.07, 6.45) is 9.06. The van der Waals surface area contributed by atoms with Crippen LogP contribution >= 0.6 is 0 Å². The summed E-state index contributed by atoms with van der Waals surface area (Å²) in [6, 6.07) is 0. The molecule has 0 aliphatic carbocycles. The number of amidine groups is 1. The summed E-state index contributed by atoms with van der Waals surface area (Å²) in [5.41, 5.74) is 1.79. The molecule has 2 aliphatic rings. The van der Waals surface area contributed by atoms with Gasteiger partial charge in [-0.15, -0.1) is 0 Å². The molecule has 17 heavy (non-hydrogen) atoms. The number of rotatable bonds is 3. The summed E-state index contributed by atoms with van der Waals surface area (Å²) in [7, 11) is 0. The highest BCUT2D eigenvalue weighted by atomic mass is 15.2. The Labute approximate surface area is 101 Å². The van der Waals surface area contributed by atoms with E-state index in [9.17, 15) is 0 Å². The van der Waals surface area contributed by atoms with Crippen molar-refractivity contribution in [1.82, 2.24) is 4.90 Å². The van der Waals surface area contributed by atoms with Crippen molar-refractivity contribution in [1.29, 1.82) is 0 Å². The molecule has 0 atom stereocenters. The highest BCUT2D eigenvalue weighted by Gasteiger charge is 2.19. The van der Waals surface area contributed by atoms with Gasteiger partial charge in [0, 0.05) is 31.7 Å². The van der Waals surface area contributed by atoms with Gasteiger partial charge in [0.2, 0.25) is 0 Å². The summed E-state index contributed by atoms with van der Waals surface area (Å²) >= 11 is 0. The predicted octanol–water partition coefficient (Wildman–Crippen LogP) is 2.18. The van der Waals surface area contributed by atoms with Crippen molar-refractivity contribution >= 4 is 18.3 Å².